The quantitative estimate of drug-likeness (QED) is 0.648. The predicted octanol–water partition coefficient (Wildman–Crippen LogP) is -0.330. The van der Waals surface area contributed by atoms with E-state index in [1.165, 1.54) is 12.7 Å². The summed E-state index contributed by atoms with van der Waals surface area (Å²) in [6.07, 6.45) is 6.16. The number of hydrogen-bond donors (Lipinski definition) is 3. The van der Waals surface area contributed by atoms with Crippen LogP contribution in [-0.4, -0.2) is 67.3 Å². The first-order chi connectivity index (χ1) is 12.2. The van der Waals surface area contributed by atoms with Crippen LogP contribution in [0.1, 0.15) is 19.1 Å². The Bertz CT molecular complexity index is 797. The molecule has 0 saturated carbocycles. The fourth-order valence-corrected chi connectivity index (χ4v) is 3.22. The van der Waals surface area contributed by atoms with E-state index < -0.39 is 24.5 Å². The molecule has 2 aromatic rings. The molecule has 0 radical (unpaired) electrons. The molecule has 3 N–H and O–H groups in total. The molecule has 25 heavy (non-hydrogen) atoms. The highest BCUT2D eigenvalue weighted by molar-refractivity contribution is 5.82. The van der Waals surface area contributed by atoms with E-state index in [9.17, 15) is 10.2 Å². The largest absolute Gasteiger partial charge is 0.386 e. The predicted molar refractivity (Wildman–Crippen MR) is 87.5 cm³/mol. The summed E-state index contributed by atoms with van der Waals surface area (Å²) in [6, 6.07) is 0.165. The monoisotopic (exact) mass is 345 g/mol. The van der Waals surface area contributed by atoms with Gasteiger partial charge >= 0.3 is 0 Å². The van der Waals surface area contributed by atoms with Crippen molar-refractivity contribution >= 4 is 17.0 Å². The van der Waals surface area contributed by atoms with Crippen LogP contribution < -0.4 is 5.32 Å². The van der Waals surface area contributed by atoms with E-state index in [2.05, 4.69) is 26.2 Å². The van der Waals surface area contributed by atoms with Crippen LogP contribution >= 0.6 is 0 Å². The molecule has 0 aliphatic carbocycles. The van der Waals surface area contributed by atoms with Crippen LogP contribution in [0.5, 0.6) is 0 Å². The zero-order chi connectivity index (χ0) is 17.4. The summed E-state index contributed by atoms with van der Waals surface area (Å²) in [5.74, 6) is 2.92. The molecule has 2 aliphatic rings. The van der Waals surface area contributed by atoms with Crippen molar-refractivity contribution in [3.05, 3.63) is 12.7 Å². The number of ether oxygens (including phenoxy) is 2. The third-order valence-electron chi connectivity index (χ3n) is 4.54. The maximum Gasteiger partial charge on any atom is 0.167 e. The molecule has 4 heterocycles. The van der Waals surface area contributed by atoms with Gasteiger partial charge in [0.25, 0.3) is 0 Å². The standard InChI is InChI=1S/C16H19N5O4/c1-2-10-12(22)13(23)16(25-10)21-8-19-11-14(17-7-18-15(11)21)20-9-4-3-5-24-6-9/h1,7-10,12-13,16,22-23H,3-6H2,(H,17,18,20)/t9?,10-,12-,13-,16-/m1/s1. The lowest BCUT2D eigenvalue weighted by Crippen LogP contribution is -2.31. The number of imidazole rings is 1. The van der Waals surface area contributed by atoms with Gasteiger partial charge < -0.3 is 25.0 Å². The Morgan fingerprint density at radius 1 is 1.28 bits per heavy atom. The second-order valence-electron chi connectivity index (χ2n) is 6.20. The average Bonchev–Trinajstić information content (AvgIpc) is 3.18. The molecule has 0 amide bonds. The Balaban J connectivity index is 1.64. The molecule has 2 fully saturated rings. The van der Waals surface area contributed by atoms with E-state index in [-0.39, 0.29) is 6.04 Å². The van der Waals surface area contributed by atoms with Crippen molar-refractivity contribution < 1.29 is 19.7 Å². The van der Waals surface area contributed by atoms with E-state index in [1.54, 1.807) is 4.57 Å². The molecule has 9 nitrogen and oxygen atoms in total. The fourth-order valence-electron chi connectivity index (χ4n) is 3.22. The number of rotatable bonds is 3. The Kier molecular flexibility index (Phi) is 4.27. The minimum atomic E-state index is -1.17. The fraction of sp³-hybridized carbons (Fsp3) is 0.562. The number of anilines is 1. The highest BCUT2D eigenvalue weighted by atomic mass is 16.6. The van der Waals surface area contributed by atoms with Crippen molar-refractivity contribution in [3.8, 4) is 12.3 Å². The van der Waals surface area contributed by atoms with Crippen molar-refractivity contribution in [1.29, 1.82) is 0 Å². The summed E-state index contributed by atoms with van der Waals surface area (Å²) in [6.45, 7) is 1.40. The van der Waals surface area contributed by atoms with Crippen LogP contribution in [0.15, 0.2) is 12.7 Å². The van der Waals surface area contributed by atoms with Crippen LogP contribution in [0, 0.1) is 12.3 Å². The Morgan fingerprint density at radius 3 is 2.88 bits per heavy atom. The topological polar surface area (TPSA) is 115 Å². The van der Waals surface area contributed by atoms with Crippen molar-refractivity contribution in [1.82, 2.24) is 19.5 Å². The number of aromatic nitrogens is 4. The van der Waals surface area contributed by atoms with Crippen LogP contribution in [-0.2, 0) is 9.47 Å². The molecule has 5 atom stereocenters. The first-order valence-electron chi connectivity index (χ1n) is 8.18. The Hall–Kier alpha value is -2.25. The number of terminal acetylenes is 1. The van der Waals surface area contributed by atoms with Crippen LogP contribution in [0.3, 0.4) is 0 Å². The smallest absolute Gasteiger partial charge is 0.167 e. The summed E-state index contributed by atoms with van der Waals surface area (Å²) >= 11 is 0. The molecule has 132 valence electrons. The third-order valence-corrected chi connectivity index (χ3v) is 4.54. The normalized spacial score (nSPS) is 32.6. The molecular formula is C16H19N5O4. The van der Waals surface area contributed by atoms with Crippen LogP contribution in [0.2, 0.25) is 0 Å². The number of aliphatic hydroxyl groups is 2. The van der Waals surface area contributed by atoms with Gasteiger partial charge in [-0.2, -0.15) is 0 Å². The number of fused-ring (bicyclic) bond motifs is 1. The van der Waals surface area contributed by atoms with Crippen LogP contribution in [0.4, 0.5) is 5.82 Å². The lowest BCUT2D eigenvalue weighted by Gasteiger charge is -2.23. The molecule has 0 aromatic carbocycles. The van der Waals surface area contributed by atoms with Gasteiger partial charge in [0.2, 0.25) is 0 Å². The van der Waals surface area contributed by atoms with Gasteiger partial charge in [-0.25, -0.2) is 15.0 Å². The molecule has 9 heteroatoms. The molecule has 2 aliphatic heterocycles. The maximum atomic E-state index is 10.2. The van der Waals surface area contributed by atoms with Gasteiger partial charge in [-0.15, -0.1) is 6.42 Å². The molecule has 2 aromatic heterocycles. The van der Waals surface area contributed by atoms with E-state index in [4.69, 9.17) is 15.9 Å². The minimum absolute atomic E-state index is 0.165. The zero-order valence-corrected chi connectivity index (χ0v) is 13.4. The highest BCUT2D eigenvalue weighted by Crippen LogP contribution is 2.32. The SMILES string of the molecule is C#C[C@H]1O[C@@H](n2cnc3c(NC4CCCOC4)ncnc32)[C@H](O)[C@@H]1O. The first kappa shape index (κ1) is 16.2. The number of hydrogen-bond acceptors (Lipinski definition) is 8. The van der Waals surface area contributed by atoms with Crippen LogP contribution in [0.25, 0.3) is 11.2 Å². The highest BCUT2D eigenvalue weighted by Gasteiger charge is 2.43. The average molecular weight is 345 g/mol. The zero-order valence-electron chi connectivity index (χ0n) is 13.4. The molecule has 4 rings (SSSR count). The van der Waals surface area contributed by atoms with E-state index >= 15 is 0 Å². The Morgan fingerprint density at radius 2 is 2.16 bits per heavy atom. The summed E-state index contributed by atoms with van der Waals surface area (Å²) < 4.78 is 12.6. The number of nitrogens with one attached hydrogen (secondary N) is 1. The van der Waals surface area contributed by atoms with Gasteiger partial charge in [-0.1, -0.05) is 5.92 Å². The molecule has 0 spiro atoms. The lowest BCUT2D eigenvalue weighted by molar-refractivity contribution is -0.0230. The molecule has 1 unspecified atom stereocenters. The molecule has 2 saturated heterocycles. The van der Waals surface area contributed by atoms with E-state index in [1.807, 2.05) is 0 Å². The maximum absolute atomic E-state index is 10.2. The van der Waals surface area contributed by atoms with Crippen molar-refractivity contribution in [2.75, 3.05) is 18.5 Å². The van der Waals surface area contributed by atoms with Crippen molar-refractivity contribution in [2.24, 2.45) is 0 Å². The summed E-state index contributed by atoms with van der Waals surface area (Å²) in [7, 11) is 0. The summed E-state index contributed by atoms with van der Waals surface area (Å²) in [5, 5.41) is 23.5. The third kappa shape index (κ3) is 2.83. The van der Waals surface area contributed by atoms with Gasteiger partial charge in [0, 0.05) is 6.61 Å². The minimum Gasteiger partial charge on any atom is -0.386 e. The van der Waals surface area contributed by atoms with Gasteiger partial charge in [-0.05, 0) is 12.8 Å². The van der Waals surface area contributed by atoms with E-state index in [0.717, 1.165) is 19.4 Å². The summed E-state index contributed by atoms with van der Waals surface area (Å²) in [4.78, 5) is 12.9. The van der Waals surface area contributed by atoms with Gasteiger partial charge in [0.05, 0.1) is 19.0 Å². The molecular weight excluding hydrogens is 326 g/mol. The Labute approximate surface area is 144 Å². The van der Waals surface area contributed by atoms with E-state index in [0.29, 0.717) is 23.6 Å². The second-order valence-corrected chi connectivity index (χ2v) is 6.20. The lowest BCUT2D eigenvalue weighted by atomic mass is 10.1. The number of aliphatic hydroxyl groups excluding tert-OH is 2. The van der Waals surface area contributed by atoms with Gasteiger partial charge in [0.1, 0.15) is 24.6 Å². The molecule has 0 bridgehead atoms. The van der Waals surface area contributed by atoms with Gasteiger partial charge in [-0.3, -0.25) is 4.57 Å². The first-order valence-corrected chi connectivity index (χ1v) is 8.18. The van der Waals surface area contributed by atoms with Gasteiger partial charge in [0.15, 0.2) is 23.2 Å². The number of nitrogens with zero attached hydrogens (tertiary/aromatic N) is 4. The van der Waals surface area contributed by atoms with Crippen molar-refractivity contribution in [2.45, 2.75) is 43.4 Å². The second kappa shape index (κ2) is 6.57. The van der Waals surface area contributed by atoms with Crippen molar-refractivity contribution in [3.63, 3.8) is 0 Å². The summed E-state index contributed by atoms with van der Waals surface area (Å²) in [5.41, 5.74) is 1.05.